The molecule has 0 aromatic rings. The van der Waals surface area contributed by atoms with Crippen molar-refractivity contribution in [2.24, 2.45) is 5.41 Å². The van der Waals surface area contributed by atoms with Crippen LogP contribution in [0.25, 0.3) is 0 Å². The smallest absolute Gasteiger partial charge is 0.268 e. The summed E-state index contributed by atoms with van der Waals surface area (Å²) in [5, 5.41) is 10.8. The van der Waals surface area contributed by atoms with Crippen LogP contribution in [0.2, 0.25) is 0 Å². The second-order valence-corrected chi connectivity index (χ2v) is 2.70. The van der Waals surface area contributed by atoms with Gasteiger partial charge in [-0.1, -0.05) is 0 Å². The van der Waals surface area contributed by atoms with E-state index in [0.29, 0.717) is 0 Å². The Morgan fingerprint density at radius 3 is 2.00 bits per heavy atom. The Hall–Kier alpha value is -0.610. The van der Waals surface area contributed by atoms with Crippen LogP contribution in [-0.2, 0) is 14.7 Å². The monoisotopic (exact) mass is 134 g/mol. The van der Waals surface area contributed by atoms with E-state index in [4.69, 9.17) is 5.26 Å². The van der Waals surface area contributed by atoms with E-state index >= 15 is 0 Å². The molecule has 0 spiro atoms. The van der Waals surface area contributed by atoms with Crippen molar-refractivity contribution in [1.82, 2.24) is 0 Å². The Labute approximate surface area is 53.2 Å². The van der Waals surface area contributed by atoms with Crippen LogP contribution in [0, 0.1) is 5.41 Å². The van der Waals surface area contributed by atoms with E-state index < -0.39 is 11.4 Å². The molecule has 0 atom stereocenters. The van der Waals surface area contributed by atoms with Gasteiger partial charge < -0.3 is 0 Å². The number of hydrogen-bond donors (Lipinski definition) is 1. The summed E-state index contributed by atoms with van der Waals surface area (Å²) in [6.07, 6.45) is 0. The van der Waals surface area contributed by atoms with Gasteiger partial charge in [-0.2, -0.15) is 0 Å². The molecule has 0 aromatic heterocycles. The average Bonchev–Trinajstić information content (AvgIpc) is 1.64. The standard InChI is InChI=1S/C5H10O4/c1-5(2,3)4(6)8-9-7/h7H,1-3H3. The zero-order chi connectivity index (χ0) is 7.49. The summed E-state index contributed by atoms with van der Waals surface area (Å²) in [6, 6.07) is 0. The maximum Gasteiger partial charge on any atom is 0.350 e. The summed E-state index contributed by atoms with van der Waals surface area (Å²) in [7, 11) is 0. The van der Waals surface area contributed by atoms with Crippen LogP contribution < -0.4 is 0 Å². The van der Waals surface area contributed by atoms with E-state index in [1.54, 1.807) is 20.8 Å². The van der Waals surface area contributed by atoms with Gasteiger partial charge in [-0.15, -0.1) is 0 Å². The number of carbonyl (C=O) groups is 1. The first-order valence-electron chi connectivity index (χ1n) is 2.51. The zero-order valence-electron chi connectivity index (χ0n) is 5.67. The van der Waals surface area contributed by atoms with E-state index in [1.807, 2.05) is 0 Å². The molecule has 0 aliphatic heterocycles. The molecule has 0 amide bonds. The van der Waals surface area contributed by atoms with Gasteiger partial charge in [0.2, 0.25) is 0 Å². The summed E-state index contributed by atoms with van der Waals surface area (Å²) in [4.78, 5) is 14.4. The molecule has 0 heterocycles. The Morgan fingerprint density at radius 2 is 1.89 bits per heavy atom. The SMILES string of the molecule is CC(C)(C)C(=O)OOO. The van der Waals surface area contributed by atoms with E-state index in [0.717, 1.165) is 0 Å². The summed E-state index contributed by atoms with van der Waals surface area (Å²) in [6.45, 7) is 4.94. The van der Waals surface area contributed by atoms with Crippen LogP contribution in [0.15, 0.2) is 0 Å². The molecule has 9 heavy (non-hydrogen) atoms. The fraction of sp³-hybridized carbons (Fsp3) is 0.800. The van der Waals surface area contributed by atoms with Gasteiger partial charge in [-0.25, -0.2) is 10.1 Å². The first kappa shape index (κ1) is 8.39. The number of rotatable bonds is 1. The van der Waals surface area contributed by atoms with E-state index in [-0.39, 0.29) is 0 Å². The maximum atomic E-state index is 10.6. The normalized spacial score (nSPS) is 11.1. The Balaban J connectivity index is 3.74. The molecule has 0 bridgehead atoms. The maximum absolute atomic E-state index is 10.6. The van der Waals surface area contributed by atoms with Crippen molar-refractivity contribution >= 4 is 5.97 Å². The van der Waals surface area contributed by atoms with Crippen LogP contribution in [-0.4, -0.2) is 11.2 Å². The minimum absolute atomic E-state index is 0.606. The molecular formula is C5H10O4. The first-order valence-corrected chi connectivity index (χ1v) is 2.51. The van der Waals surface area contributed by atoms with Crippen molar-refractivity contribution in [3.63, 3.8) is 0 Å². The highest BCUT2D eigenvalue weighted by Gasteiger charge is 2.24. The second kappa shape index (κ2) is 2.80. The predicted molar refractivity (Wildman–Crippen MR) is 29.3 cm³/mol. The minimum atomic E-state index is -0.636. The van der Waals surface area contributed by atoms with Gasteiger partial charge in [0, 0.05) is 0 Å². The van der Waals surface area contributed by atoms with Gasteiger partial charge in [0.25, 0.3) is 0 Å². The lowest BCUT2D eigenvalue weighted by atomic mass is 9.98. The first-order chi connectivity index (χ1) is 3.98. The Morgan fingerprint density at radius 1 is 1.44 bits per heavy atom. The second-order valence-electron chi connectivity index (χ2n) is 2.70. The van der Waals surface area contributed by atoms with Crippen LogP contribution in [0.1, 0.15) is 20.8 Å². The third-order valence-electron chi connectivity index (χ3n) is 0.725. The molecule has 0 aliphatic carbocycles. The van der Waals surface area contributed by atoms with Crippen molar-refractivity contribution in [1.29, 1.82) is 0 Å². The highest BCUT2D eigenvalue weighted by atomic mass is 17.5. The predicted octanol–water partition coefficient (Wildman–Crippen LogP) is 0.980. The fourth-order valence-corrected chi connectivity index (χ4v) is 0.159. The molecule has 0 aliphatic rings. The lowest BCUT2D eigenvalue weighted by Gasteiger charge is -2.11. The van der Waals surface area contributed by atoms with Crippen LogP contribution >= 0.6 is 0 Å². The Bertz CT molecular complexity index is 102. The van der Waals surface area contributed by atoms with E-state index in [2.05, 4.69) is 9.93 Å². The molecule has 4 heteroatoms. The molecule has 0 fully saturated rings. The summed E-state index contributed by atoms with van der Waals surface area (Å²) in [5.41, 5.74) is -0.636. The quantitative estimate of drug-likeness (QED) is 0.429. The average molecular weight is 134 g/mol. The van der Waals surface area contributed by atoms with Crippen molar-refractivity contribution < 1.29 is 20.0 Å². The highest BCUT2D eigenvalue weighted by molar-refractivity contribution is 5.74. The third kappa shape index (κ3) is 3.05. The van der Waals surface area contributed by atoms with Gasteiger partial charge in [0.05, 0.1) is 5.41 Å². The molecular weight excluding hydrogens is 124 g/mol. The van der Waals surface area contributed by atoms with Gasteiger partial charge in [0.1, 0.15) is 0 Å². The highest BCUT2D eigenvalue weighted by Crippen LogP contribution is 2.14. The molecule has 0 unspecified atom stereocenters. The van der Waals surface area contributed by atoms with Gasteiger partial charge >= 0.3 is 5.97 Å². The van der Waals surface area contributed by atoms with Gasteiger partial charge in [-0.3, -0.25) is 4.89 Å². The topological polar surface area (TPSA) is 55.8 Å². The number of carbonyl (C=O) groups excluding carboxylic acids is 1. The Kier molecular flexibility index (Phi) is 2.61. The molecule has 0 aromatic carbocycles. The van der Waals surface area contributed by atoms with Crippen LogP contribution in [0.4, 0.5) is 0 Å². The fourth-order valence-electron chi connectivity index (χ4n) is 0.159. The van der Waals surface area contributed by atoms with Gasteiger partial charge in [-0.05, 0) is 25.8 Å². The molecule has 1 N–H and O–H groups in total. The van der Waals surface area contributed by atoms with E-state index in [1.165, 1.54) is 0 Å². The van der Waals surface area contributed by atoms with Crippen molar-refractivity contribution in [2.75, 3.05) is 0 Å². The molecule has 0 saturated heterocycles. The molecule has 0 rings (SSSR count). The largest absolute Gasteiger partial charge is 0.350 e. The van der Waals surface area contributed by atoms with Crippen molar-refractivity contribution in [3.8, 4) is 0 Å². The summed E-state index contributed by atoms with van der Waals surface area (Å²) >= 11 is 0. The molecule has 4 nitrogen and oxygen atoms in total. The molecule has 54 valence electrons. The molecule has 0 radical (unpaired) electrons. The lowest BCUT2D eigenvalue weighted by Crippen LogP contribution is -2.22. The summed E-state index contributed by atoms with van der Waals surface area (Å²) < 4.78 is 0. The van der Waals surface area contributed by atoms with Crippen LogP contribution in [0.3, 0.4) is 0 Å². The van der Waals surface area contributed by atoms with Crippen molar-refractivity contribution in [3.05, 3.63) is 0 Å². The lowest BCUT2D eigenvalue weighted by molar-refractivity contribution is -0.464. The summed E-state index contributed by atoms with van der Waals surface area (Å²) in [5.74, 6) is -0.606. The zero-order valence-corrected chi connectivity index (χ0v) is 5.67. The minimum Gasteiger partial charge on any atom is -0.268 e. The van der Waals surface area contributed by atoms with Gasteiger partial charge in [0.15, 0.2) is 0 Å². The van der Waals surface area contributed by atoms with Crippen molar-refractivity contribution in [2.45, 2.75) is 20.8 Å². The number of hydrogen-bond acceptors (Lipinski definition) is 4. The van der Waals surface area contributed by atoms with Crippen LogP contribution in [0.5, 0.6) is 0 Å². The van der Waals surface area contributed by atoms with E-state index in [9.17, 15) is 4.79 Å². The molecule has 0 saturated carbocycles. The third-order valence-corrected chi connectivity index (χ3v) is 0.725.